The van der Waals surface area contributed by atoms with Crippen molar-refractivity contribution < 1.29 is 14.4 Å². The number of benzene rings is 2. The van der Waals surface area contributed by atoms with Crippen molar-refractivity contribution in [1.82, 2.24) is 5.32 Å². The summed E-state index contributed by atoms with van der Waals surface area (Å²) in [4.78, 5) is 35.0. The Labute approximate surface area is 159 Å². The molecule has 0 aliphatic rings. The molecule has 0 fully saturated rings. The Morgan fingerprint density at radius 1 is 1.12 bits per heavy atom. The normalized spacial score (nSPS) is 11.4. The van der Waals surface area contributed by atoms with Crippen molar-refractivity contribution in [1.29, 1.82) is 0 Å². The predicted molar refractivity (Wildman–Crippen MR) is 104 cm³/mol. The molecule has 0 spiro atoms. The van der Waals surface area contributed by atoms with Gasteiger partial charge in [0.05, 0.1) is 0 Å². The average molecular weight is 451 g/mol. The second-order valence-electron chi connectivity index (χ2n) is 5.52. The fourth-order valence-corrected chi connectivity index (χ4v) is 2.88. The molecule has 2 aromatic rings. The minimum atomic E-state index is -0.805. The van der Waals surface area contributed by atoms with Crippen LogP contribution >= 0.6 is 22.6 Å². The van der Waals surface area contributed by atoms with Gasteiger partial charge >= 0.3 is 0 Å². The molecule has 0 aliphatic carbocycles. The van der Waals surface area contributed by atoms with Crippen molar-refractivity contribution in [3.05, 3.63) is 63.2 Å². The first-order valence-electron chi connectivity index (χ1n) is 7.57. The second-order valence-corrected chi connectivity index (χ2v) is 6.77. The van der Waals surface area contributed by atoms with Crippen LogP contribution in [0.15, 0.2) is 48.5 Å². The zero-order valence-corrected chi connectivity index (χ0v) is 15.7. The highest BCUT2D eigenvalue weighted by molar-refractivity contribution is 14.1. The molecule has 2 rings (SSSR count). The van der Waals surface area contributed by atoms with E-state index in [9.17, 15) is 14.4 Å². The maximum absolute atomic E-state index is 12.3. The Morgan fingerprint density at radius 2 is 1.80 bits per heavy atom. The van der Waals surface area contributed by atoms with Gasteiger partial charge in [0.1, 0.15) is 6.04 Å². The van der Waals surface area contributed by atoms with E-state index >= 15 is 0 Å². The van der Waals surface area contributed by atoms with Gasteiger partial charge in [0.15, 0.2) is 0 Å². The first-order chi connectivity index (χ1) is 11.8. The highest BCUT2D eigenvalue weighted by Gasteiger charge is 2.19. The number of carbonyl (C=O) groups excluding carboxylic acids is 3. The van der Waals surface area contributed by atoms with Crippen LogP contribution in [0, 0.1) is 3.57 Å². The summed E-state index contributed by atoms with van der Waals surface area (Å²) in [6.45, 7) is 1.41. The Bertz CT molecular complexity index is 790. The fourth-order valence-electron chi connectivity index (χ4n) is 2.27. The maximum Gasteiger partial charge on any atom is 0.251 e. The number of halogens is 1. The van der Waals surface area contributed by atoms with Gasteiger partial charge in [-0.05, 0) is 64.6 Å². The van der Waals surface area contributed by atoms with E-state index < -0.39 is 17.9 Å². The molecule has 3 amide bonds. The Balaban J connectivity index is 2.07. The molecular formula is C18H18IN3O3. The molecule has 0 bridgehead atoms. The molecule has 4 N–H and O–H groups in total. The zero-order valence-electron chi connectivity index (χ0n) is 13.6. The van der Waals surface area contributed by atoms with Crippen molar-refractivity contribution in [2.24, 2.45) is 5.73 Å². The molecule has 0 saturated carbocycles. The molecular weight excluding hydrogens is 433 g/mol. The minimum Gasteiger partial charge on any atom is -0.368 e. The molecule has 0 unspecified atom stereocenters. The number of nitrogens with two attached hydrogens (primary N) is 1. The number of rotatable bonds is 6. The molecule has 6 nitrogen and oxygen atoms in total. The minimum absolute atomic E-state index is 0.191. The first-order valence-corrected chi connectivity index (χ1v) is 8.65. The van der Waals surface area contributed by atoms with Crippen LogP contribution in [0.5, 0.6) is 0 Å². The van der Waals surface area contributed by atoms with Gasteiger partial charge in [0.2, 0.25) is 11.8 Å². The molecule has 2 aromatic carbocycles. The summed E-state index contributed by atoms with van der Waals surface area (Å²) in [5.41, 5.74) is 7.31. The lowest BCUT2D eigenvalue weighted by atomic mass is 10.0. The third-order valence-electron chi connectivity index (χ3n) is 3.45. The maximum atomic E-state index is 12.3. The Morgan fingerprint density at radius 3 is 2.36 bits per heavy atom. The standard InChI is InChI=1S/C18H18IN3O3/c1-11(23)21-15-7-5-13(6-8-15)18(25)22-16(17(20)24)10-12-3-2-4-14(19)9-12/h2-9,16H,10H2,1H3,(H2,20,24)(H,21,23)(H,22,25)/t16-/m0/s1. The fraction of sp³-hybridized carbons (Fsp3) is 0.167. The van der Waals surface area contributed by atoms with Crippen molar-refractivity contribution in [3.63, 3.8) is 0 Å². The third-order valence-corrected chi connectivity index (χ3v) is 4.12. The topological polar surface area (TPSA) is 101 Å². The summed E-state index contributed by atoms with van der Waals surface area (Å²) in [6.07, 6.45) is 0.321. The van der Waals surface area contributed by atoms with E-state index in [-0.39, 0.29) is 5.91 Å². The highest BCUT2D eigenvalue weighted by Crippen LogP contribution is 2.12. The van der Waals surface area contributed by atoms with Crippen LogP contribution in [-0.2, 0) is 16.0 Å². The van der Waals surface area contributed by atoms with Crippen LogP contribution in [0.1, 0.15) is 22.8 Å². The van der Waals surface area contributed by atoms with Crippen LogP contribution in [0.4, 0.5) is 5.69 Å². The zero-order chi connectivity index (χ0) is 18.4. The van der Waals surface area contributed by atoms with Gasteiger partial charge in [0, 0.05) is 28.2 Å². The molecule has 0 radical (unpaired) electrons. The summed E-state index contributed by atoms with van der Waals surface area (Å²) in [7, 11) is 0. The number of hydrogen-bond acceptors (Lipinski definition) is 3. The van der Waals surface area contributed by atoms with Gasteiger partial charge < -0.3 is 16.4 Å². The molecule has 7 heteroatoms. The van der Waals surface area contributed by atoms with E-state index in [0.29, 0.717) is 17.7 Å². The van der Waals surface area contributed by atoms with E-state index in [1.54, 1.807) is 24.3 Å². The van der Waals surface area contributed by atoms with Crippen LogP contribution in [0.3, 0.4) is 0 Å². The Hall–Kier alpha value is -2.42. The van der Waals surface area contributed by atoms with Crippen LogP contribution in [0.25, 0.3) is 0 Å². The molecule has 0 aromatic heterocycles. The highest BCUT2D eigenvalue weighted by atomic mass is 127. The number of hydrogen-bond donors (Lipinski definition) is 3. The van der Waals surface area contributed by atoms with E-state index in [1.165, 1.54) is 6.92 Å². The first kappa shape index (κ1) is 18.9. The van der Waals surface area contributed by atoms with Gasteiger partial charge in [-0.25, -0.2) is 0 Å². The van der Waals surface area contributed by atoms with Gasteiger partial charge in [-0.15, -0.1) is 0 Å². The molecule has 0 saturated heterocycles. The number of nitrogens with one attached hydrogen (secondary N) is 2. The van der Waals surface area contributed by atoms with E-state index in [2.05, 4.69) is 33.2 Å². The summed E-state index contributed by atoms with van der Waals surface area (Å²) in [5.74, 6) is -1.19. The smallest absolute Gasteiger partial charge is 0.251 e. The molecule has 0 aliphatic heterocycles. The van der Waals surface area contributed by atoms with E-state index in [0.717, 1.165) is 9.13 Å². The second kappa shape index (κ2) is 8.61. The van der Waals surface area contributed by atoms with Gasteiger partial charge in [0.25, 0.3) is 5.91 Å². The van der Waals surface area contributed by atoms with Crippen molar-refractivity contribution in [2.75, 3.05) is 5.32 Å². The summed E-state index contributed by atoms with van der Waals surface area (Å²) < 4.78 is 1.04. The quantitative estimate of drug-likeness (QED) is 0.587. The summed E-state index contributed by atoms with van der Waals surface area (Å²) in [6, 6.07) is 13.2. The lowest BCUT2D eigenvalue weighted by Crippen LogP contribution is -2.45. The number of carbonyl (C=O) groups is 3. The third kappa shape index (κ3) is 5.86. The average Bonchev–Trinajstić information content (AvgIpc) is 2.54. The van der Waals surface area contributed by atoms with Crippen LogP contribution in [0.2, 0.25) is 0 Å². The molecule has 1 atom stereocenters. The Kier molecular flexibility index (Phi) is 6.51. The van der Waals surface area contributed by atoms with Crippen LogP contribution < -0.4 is 16.4 Å². The number of anilines is 1. The monoisotopic (exact) mass is 451 g/mol. The van der Waals surface area contributed by atoms with Crippen molar-refractivity contribution in [3.8, 4) is 0 Å². The predicted octanol–water partition coefficient (Wildman–Crippen LogP) is 2.08. The van der Waals surface area contributed by atoms with Gasteiger partial charge in [-0.2, -0.15) is 0 Å². The van der Waals surface area contributed by atoms with E-state index in [4.69, 9.17) is 5.73 Å². The number of amides is 3. The summed E-state index contributed by atoms with van der Waals surface area (Å²) >= 11 is 2.18. The number of primary amides is 1. The SMILES string of the molecule is CC(=O)Nc1ccc(C(=O)N[C@@H](Cc2cccc(I)c2)C(N)=O)cc1. The molecule has 130 valence electrons. The van der Waals surface area contributed by atoms with Gasteiger partial charge in [-0.3, -0.25) is 14.4 Å². The molecule has 25 heavy (non-hydrogen) atoms. The lowest BCUT2D eigenvalue weighted by Gasteiger charge is -2.16. The largest absolute Gasteiger partial charge is 0.368 e. The molecule has 0 heterocycles. The lowest BCUT2D eigenvalue weighted by molar-refractivity contribution is -0.119. The van der Waals surface area contributed by atoms with Crippen molar-refractivity contribution >= 4 is 46.0 Å². The summed E-state index contributed by atoms with van der Waals surface area (Å²) in [5, 5.41) is 5.28. The van der Waals surface area contributed by atoms with Crippen molar-refractivity contribution in [2.45, 2.75) is 19.4 Å². The van der Waals surface area contributed by atoms with Gasteiger partial charge in [-0.1, -0.05) is 12.1 Å². The van der Waals surface area contributed by atoms with Crippen LogP contribution in [-0.4, -0.2) is 23.8 Å². The van der Waals surface area contributed by atoms with E-state index in [1.807, 2.05) is 24.3 Å².